The summed E-state index contributed by atoms with van der Waals surface area (Å²) >= 11 is 6.56. The fourth-order valence-electron chi connectivity index (χ4n) is 3.19. The van der Waals surface area contributed by atoms with E-state index in [0.717, 1.165) is 11.1 Å². The number of thiocarbonyl (C=S) groups is 1. The van der Waals surface area contributed by atoms with E-state index in [9.17, 15) is 14.7 Å². The molecule has 1 saturated heterocycles. The first-order valence-corrected chi connectivity index (χ1v) is 11.1. The Morgan fingerprint density at radius 1 is 1.23 bits per heavy atom. The quantitative estimate of drug-likeness (QED) is 0.446. The molecule has 162 valence electrons. The van der Waals surface area contributed by atoms with E-state index in [2.05, 4.69) is 5.32 Å². The lowest BCUT2D eigenvalue weighted by Crippen LogP contribution is -2.41. The van der Waals surface area contributed by atoms with Crippen molar-refractivity contribution in [2.24, 2.45) is 0 Å². The molecule has 6 nitrogen and oxygen atoms in total. The van der Waals surface area contributed by atoms with Crippen molar-refractivity contribution in [3.8, 4) is 5.75 Å². The molecule has 0 bridgehead atoms. The Kier molecular flexibility index (Phi) is 8.22. The van der Waals surface area contributed by atoms with Crippen molar-refractivity contribution in [1.82, 2.24) is 10.2 Å². The van der Waals surface area contributed by atoms with Gasteiger partial charge in [-0.2, -0.15) is 0 Å². The van der Waals surface area contributed by atoms with Crippen molar-refractivity contribution < 1.29 is 19.4 Å². The van der Waals surface area contributed by atoms with Crippen LogP contribution >= 0.6 is 24.0 Å². The van der Waals surface area contributed by atoms with Crippen LogP contribution in [0.3, 0.4) is 0 Å². The lowest BCUT2D eigenvalue weighted by molar-refractivity contribution is -0.124. The summed E-state index contributed by atoms with van der Waals surface area (Å²) in [6.07, 6.45) is 2.38. The van der Waals surface area contributed by atoms with Crippen LogP contribution in [-0.2, 0) is 16.0 Å². The molecule has 1 aliphatic rings. The summed E-state index contributed by atoms with van der Waals surface area (Å²) in [6, 6.07) is 16.7. The number of carbonyl (C=O) groups is 2. The summed E-state index contributed by atoms with van der Waals surface area (Å²) in [5, 5.41) is 12.4. The van der Waals surface area contributed by atoms with Crippen LogP contribution in [-0.4, -0.2) is 52.4 Å². The van der Waals surface area contributed by atoms with E-state index in [0.29, 0.717) is 21.4 Å². The number of ether oxygens (including phenoxy) is 1. The highest BCUT2D eigenvalue weighted by molar-refractivity contribution is 8.26. The second-order valence-corrected chi connectivity index (χ2v) is 8.64. The number of nitrogens with zero attached hydrogens (tertiary/aromatic N) is 1. The highest BCUT2D eigenvalue weighted by Crippen LogP contribution is 2.34. The zero-order valence-electron chi connectivity index (χ0n) is 17.1. The number of nitrogens with one attached hydrogen (secondary N) is 1. The smallest absolute Gasteiger partial charge is 0.266 e. The van der Waals surface area contributed by atoms with Crippen molar-refractivity contribution in [2.75, 3.05) is 20.3 Å². The molecule has 2 aromatic carbocycles. The molecule has 2 amide bonds. The summed E-state index contributed by atoms with van der Waals surface area (Å²) in [5.74, 6) is 0.204. The van der Waals surface area contributed by atoms with Crippen LogP contribution in [0.1, 0.15) is 17.5 Å². The normalized spacial score (nSPS) is 15.9. The van der Waals surface area contributed by atoms with Crippen LogP contribution in [0.4, 0.5) is 0 Å². The van der Waals surface area contributed by atoms with Crippen LogP contribution < -0.4 is 10.1 Å². The third kappa shape index (κ3) is 6.16. The Morgan fingerprint density at radius 3 is 2.65 bits per heavy atom. The largest absolute Gasteiger partial charge is 0.496 e. The van der Waals surface area contributed by atoms with Gasteiger partial charge in [0.1, 0.15) is 10.1 Å². The van der Waals surface area contributed by atoms with E-state index in [-0.39, 0.29) is 37.4 Å². The lowest BCUT2D eigenvalue weighted by atomic mass is 10.1. The van der Waals surface area contributed by atoms with Gasteiger partial charge in [0.2, 0.25) is 5.91 Å². The molecule has 0 aliphatic carbocycles. The average molecular weight is 457 g/mol. The molecule has 8 heteroatoms. The van der Waals surface area contributed by atoms with Gasteiger partial charge in [-0.25, -0.2) is 0 Å². The van der Waals surface area contributed by atoms with Gasteiger partial charge in [0.25, 0.3) is 5.91 Å². The highest BCUT2D eigenvalue weighted by Gasteiger charge is 2.32. The van der Waals surface area contributed by atoms with Crippen LogP contribution in [0.5, 0.6) is 5.75 Å². The van der Waals surface area contributed by atoms with Gasteiger partial charge in [0.15, 0.2) is 0 Å². The Bertz CT molecular complexity index is 979. The minimum absolute atomic E-state index is 0.0969. The lowest BCUT2D eigenvalue weighted by Gasteiger charge is -2.18. The number of carbonyl (C=O) groups excluding carboxylic acids is 2. The standard InChI is InChI=1S/C23H24N2O4S2/c1-29-19-10-6-5-9-17(19)14-20-22(28)25(23(30)31-20)12-11-21(27)24-18(15-26)13-16-7-3-2-4-8-16/h2-10,14,18,26H,11-13,15H2,1H3,(H,24,27)/b20-14-/t18-/m1/s1. The zero-order valence-corrected chi connectivity index (χ0v) is 18.7. The monoisotopic (exact) mass is 456 g/mol. The molecule has 2 N–H and O–H groups in total. The Balaban J connectivity index is 1.57. The summed E-state index contributed by atoms with van der Waals surface area (Å²) < 4.78 is 5.75. The maximum atomic E-state index is 12.8. The number of rotatable bonds is 9. The molecule has 31 heavy (non-hydrogen) atoms. The first-order chi connectivity index (χ1) is 15.0. The van der Waals surface area contributed by atoms with E-state index in [1.165, 1.54) is 16.7 Å². The van der Waals surface area contributed by atoms with Gasteiger partial charge >= 0.3 is 0 Å². The van der Waals surface area contributed by atoms with Crippen LogP contribution in [0.15, 0.2) is 59.5 Å². The predicted octanol–water partition coefficient (Wildman–Crippen LogP) is 3.01. The van der Waals surface area contributed by atoms with Crippen LogP contribution in [0, 0.1) is 0 Å². The van der Waals surface area contributed by atoms with Crippen LogP contribution in [0.2, 0.25) is 0 Å². The summed E-state index contributed by atoms with van der Waals surface area (Å²) in [4.78, 5) is 27.1. The first-order valence-electron chi connectivity index (χ1n) is 9.84. The van der Waals surface area contributed by atoms with Crippen molar-refractivity contribution in [3.05, 3.63) is 70.6 Å². The Morgan fingerprint density at radius 2 is 1.94 bits per heavy atom. The van der Waals surface area contributed by atoms with Gasteiger partial charge in [-0.1, -0.05) is 72.5 Å². The fourth-order valence-corrected chi connectivity index (χ4v) is 4.49. The third-order valence-corrected chi connectivity index (χ3v) is 6.15. The number of aliphatic hydroxyl groups is 1. The molecule has 0 radical (unpaired) electrons. The number of amides is 2. The maximum absolute atomic E-state index is 12.8. The first kappa shape index (κ1) is 23.0. The minimum atomic E-state index is -0.383. The molecule has 1 atom stereocenters. The Labute approximate surface area is 191 Å². The van der Waals surface area contributed by atoms with Crippen molar-refractivity contribution in [3.63, 3.8) is 0 Å². The number of methoxy groups -OCH3 is 1. The number of para-hydroxylation sites is 1. The molecule has 1 aliphatic heterocycles. The number of thioether (sulfide) groups is 1. The van der Waals surface area contributed by atoms with Gasteiger partial charge in [0.05, 0.1) is 24.7 Å². The van der Waals surface area contributed by atoms with E-state index in [1.807, 2.05) is 54.6 Å². The average Bonchev–Trinajstić information content (AvgIpc) is 3.05. The molecule has 3 rings (SSSR count). The molecular formula is C23H24N2O4S2. The predicted molar refractivity (Wildman–Crippen MR) is 127 cm³/mol. The zero-order chi connectivity index (χ0) is 22.2. The van der Waals surface area contributed by atoms with Crippen molar-refractivity contribution >= 4 is 46.2 Å². The van der Waals surface area contributed by atoms with E-state index in [4.69, 9.17) is 17.0 Å². The molecule has 1 fully saturated rings. The van der Waals surface area contributed by atoms with Gasteiger partial charge < -0.3 is 15.2 Å². The van der Waals surface area contributed by atoms with E-state index < -0.39 is 0 Å². The van der Waals surface area contributed by atoms with E-state index in [1.54, 1.807) is 13.2 Å². The highest BCUT2D eigenvalue weighted by atomic mass is 32.2. The molecule has 1 heterocycles. The molecule has 0 unspecified atom stereocenters. The summed E-state index contributed by atoms with van der Waals surface area (Å²) in [5.41, 5.74) is 1.82. The molecule has 2 aromatic rings. The number of aliphatic hydroxyl groups excluding tert-OH is 1. The number of hydrogen-bond acceptors (Lipinski definition) is 6. The molecule has 0 spiro atoms. The minimum Gasteiger partial charge on any atom is -0.496 e. The van der Waals surface area contributed by atoms with Gasteiger partial charge in [-0.05, 0) is 24.1 Å². The summed E-state index contributed by atoms with van der Waals surface area (Å²) in [6.45, 7) is 0.0204. The SMILES string of the molecule is COc1ccccc1/C=C1\SC(=S)N(CCC(=O)N[C@@H](CO)Cc2ccccc2)C1=O. The second-order valence-electron chi connectivity index (χ2n) is 6.96. The maximum Gasteiger partial charge on any atom is 0.266 e. The van der Waals surface area contributed by atoms with Gasteiger partial charge in [-0.15, -0.1) is 0 Å². The van der Waals surface area contributed by atoms with Crippen molar-refractivity contribution in [2.45, 2.75) is 18.9 Å². The third-order valence-electron chi connectivity index (χ3n) is 4.77. The van der Waals surface area contributed by atoms with Crippen molar-refractivity contribution in [1.29, 1.82) is 0 Å². The summed E-state index contributed by atoms with van der Waals surface area (Å²) in [7, 11) is 1.58. The molecular weight excluding hydrogens is 432 g/mol. The fraction of sp³-hybridized carbons (Fsp3) is 0.261. The Hall–Kier alpha value is -2.68. The molecule has 0 aromatic heterocycles. The number of hydrogen-bond donors (Lipinski definition) is 2. The van der Waals surface area contributed by atoms with Crippen LogP contribution in [0.25, 0.3) is 6.08 Å². The number of benzene rings is 2. The second kappa shape index (κ2) is 11.1. The van der Waals surface area contributed by atoms with Gasteiger partial charge in [0, 0.05) is 18.5 Å². The molecule has 0 saturated carbocycles. The van der Waals surface area contributed by atoms with Gasteiger partial charge in [-0.3, -0.25) is 14.5 Å². The topological polar surface area (TPSA) is 78.9 Å². The van der Waals surface area contributed by atoms with E-state index >= 15 is 0 Å².